The van der Waals surface area contributed by atoms with E-state index in [1.54, 1.807) is 18.2 Å². The van der Waals surface area contributed by atoms with Crippen LogP contribution in [0.1, 0.15) is 21.5 Å². The van der Waals surface area contributed by atoms with Gasteiger partial charge in [-0.2, -0.15) is 0 Å². The van der Waals surface area contributed by atoms with Gasteiger partial charge in [0.1, 0.15) is 0 Å². The number of halogens is 1. The fourth-order valence-corrected chi connectivity index (χ4v) is 2.22. The molecule has 2 aromatic carbocycles. The maximum Gasteiger partial charge on any atom is 0.338 e. The molecule has 0 bridgehead atoms. The quantitative estimate of drug-likeness (QED) is 0.841. The zero-order chi connectivity index (χ0) is 16.1. The summed E-state index contributed by atoms with van der Waals surface area (Å²) in [6, 6.07) is 12.5. The number of para-hydroxylation sites is 1. The van der Waals surface area contributed by atoms with E-state index in [9.17, 15) is 9.59 Å². The number of carbonyl (C=O) groups excluding carboxylic acids is 2. The second-order valence-corrected chi connectivity index (χ2v) is 5.76. The van der Waals surface area contributed by atoms with Gasteiger partial charge in [0.05, 0.1) is 11.3 Å². The van der Waals surface area contributed by atoms with Crippen molar-refractivity contribution in [1.29, 1.82) is 0 Å². The van der Waals surface area contributed by atoms with Crippen molar-refractivity contribution in [2.75, 3.05) is 11.9 Å². The van der Waals surface area contributed by atoms with Crippen LogP contribution < -0.4 is 5.32 Å². The molecule has 114 valence electrons. The highest BCUT2D eigenvalue weighted by atomic mass is 79.9. The highest BCUT2D eigenvalue weighted by Crippen LogP contribution is 2.21. The molecule has 1 amide bonds. The number of benzene rings is 2. The second-order valence-electron chi connectivity index (χ2n) is 4.90. The van der Waals surface area contributed by atoms with Gasteiger partial charge in [-0.15, -0.1) is 0 Å². The van der Waals surface area contributed by atoms with E-state index in [4.69, 9.17) is 4.74 Å². The lowest BCUT2D eigenvalue weighted by molar-refractivity contribution is -0.119. The number of anilines is 1. The molecule has 22 heavy (non-hydrogen) atoms. The van der Waals surface area contributed by atoms with Crippen molar-refractivity contribution in [2.45, 2.75) is 13.8 Å². The molecule has 0 heterocycles. The second kappa shape index (κ2) is 7.22. The van der Waals surface area contributed by atoms with Crippen molar-refractivity contribution in [1.82, 2.24) is 0 Å². The average molecular weight is 362 g/mol. The van der Waals surface area contributed by atoms with E-state index < -0.39 is 5.97 Å². The SMILES string of the molecule is Cc1ccc(C(=O)OCC(=O)Nc2ccccc2Br)cc1C. The number of hydrogen-bond donors (Lipinski definition) is 1. The summed E-state index contributed by atoms with van der Waals surface area (Å²) >= 11 is 3.33. The molecule has 4 nitrogen and oxygen atoms in total. The largest absolute Gasteiger partial charge is 0.452 e. The molecule has 0 aromatic heterocycles. The fraction of sp³-hybridized carbons (Fsp3) is 0.176. The number of esters is 1. The van der Waals surface area contributed by atoms with Crippen LogP contribution in [0.4, 0.5) is 5.69 Å². The summed E-state index contributed by atoms with van der Waals surface area (Å²) in [4.78, 5) is 23.7. The van der Waals surface area contributed by atoms with Crippen molar-refractivity contribution in [3.05, 3.63) is 63.6 Å². The molecule has 1 N–H and O–H groups in total. The summed E-state index contributed by atoms with van der Waals surface area (Å²) < 4.78 is 5.80. The lowest BCUT2D eigenvalue weighted by Gasteiger charge is -2.08. The van der Waals surface area contributed by atoms with E-state index in [0.29, 0.717) is 11.3 Å². The molecule has 0 aliphatic rings. The van der Waals surface area contributed by atoms with Gasteiger partial charge < -0.3 is 10.1 Å². The predicted molar refractivity (Wildman–Crippen MR) is 89.0 cm³/mol. The Labute approximate surface area is 137 Å². The van der Waals surface area contributed by atoms with Crippen molar-refractivity contribution in [3.63, 3.8) is 0 Å². The Balaban J connectivity index is 1.92. The van der Waals surface area contributed by atoms with E-state index in [0.717, 1.165) is 15.6 Å². The van der Waals surface area contributed by atoms with Gasteiger partial charge in [-0.25, -0.2) is 4.79 Å². The van der Waals surface area contributed by atoms with Gasteiger partial charge in [-0.1, -0.05) is 18.2 Å². The van der Waals surface area contributed by atoms with Crippen LogP contribution in [0, 0.1) is 13.8 Å². The zero-order valence-electron chi connectivity index (χ0n) is 12.4. The Morgan fingerprint density at radius 1 is 1.09 bits per heavy atom. The van der Waals surface area contributed by atoms with Crippen molar-refractivity contribution < 1.29 is 14.3 Å². The van der Waals surface area contributed by atoms with E-state index in [1.807, 2.05) is 38.1 Å². The van der Waals surface area contributed by atoms with Gasteiger partial charge in [0, 0.05) is 4.47 Å². The Kier molecular flexibility index (Phi) is 5.33. The van der Waals surface area contributed by atoms with Crippen LogP contribution in [0.25, 0.3) is 0 Å². The minimum Gasteiger partial charge on any atom is -0.452 e. The van der Waals surface area contributed by atoms with Gasteiger partial charge in [-0.3, -0.25) is 4.79 Å². The molecule has 2 rings (SSSR count). The van der Waals surface area contributed by atoms with Crippen LogP contribution >= 0.6 is 15.9 Å². The number of aryl methyl sites for hydroxylation is 2. The number of rotatable bonds is 4. The summed E-state index contributed by atoms with van der Waals surface area (Å²) in [5, 5.41) is 2.67. The number of hydrogen-bond acceptors (Lipinski definition) is 3. The first-order chi connectivity index (χ1) is 10.5. The van der Waals surface area contributed by atoms with Crippen LogP contribution in [0.3, 0.4) is 0 Å². The van der Waals surface area contributed by atoms with Crippen molar-refractivity contribution in [3.8, 4) is 0 Å². The average Bonchev–Trinajstić information content (AvgIpc) is 2.50. The molecule has 0 atom stereocenters. The van der Waals surface area contributed by atoms with Crippen molar-refractivity contribution in [2.24, 2.45) is 0 Å². The Morgan fingerprint density at radius 2 is 1.82 bits per heavy atom. The van der Waals surface area contributed by atoms with Crippen LogP contribution in [-0.2, 0) is 9.53 Å². The third-order valence-electron chi connectivity index (χ3n) is 3.22. The minimum absolute atomic E-state index is 0.326. The molecular formula is C17H16BrNO3. The van der Waals surface area contributed by atoms with Gasteiger partial charge in [0.2, 0.25) is 0 Å². The summed E-state index contributed by atoms with van der Waals surface area (Å²) in [6.45, 7) is 3.56. The third kappa shape index (κ3) is 4.18. The molecular weight excluding hydrogens is 346 g/mol. The van der Waals surface area contributed by atoms with Crippen molar-refractivity contribution >= 4 is 33.5 Å². The van der Waals surface area contributed by atoms with Crippen LogP contribution in [0.2, 0.25) is 0 Å². The molecule has 5 heteroatoms. The number of amides is 1. The van der Waals surface area contributed by atoms with Gasteiger partial charge in [0.15, 0.2) is 6.61 Å². The molecule has 0 saturated carbocycles. The third-order valence-corrected chi connectivity index (χ3v) is 3.92. The number of nitrogens with one attached hydrogen (secondary N) is 1. The van der Waals surface area contributed by atoms with E-state index >= 15 is 0 Å². The minimum atomic E-state index is -0.509. The number of ether oxygens (including phenoxy) is 1. The summed E-state index contributed by atoms with van der Waals surface area (Å²) in [5.74, 6) is -0.894. The summed E-state index contributed by atoms with van der Waals surface area (Å²) in [7, 11) is 0. The van der Waals surface area contributed by atoms with E-state index in [1.165, 1.54) is 0 Å². The summed E-state index contributed by atoms with van der Waals surface area (Å²) in [5.41, 5.74) is 3.18. The molecule has 2 aromatic rings. The van der Waals surface area contributed by atoms with E-state index in [2.05, 4.69) is 21.2 Å². The van der Waals surface area contributed by atoms with E-state index in [-0.39, 0.29) is 12.5 Å². The molecule has 0 aliphatic heterocycles. The zero-order valence-corrected chi connectivity index (χ0v) is 13.9. The monoisotopic (exact) mass is 361 g/mol. The molecule has 0 aliphatic carbocycles. The number of carbonyl (C=O) groups is 2. The molecule has 0 spiro atoms. The van der Waals surface area contributed by atoms with Gasteiger partial charge in [-0.05, 0) is 65.2 Å². The smallest absolute Gasteiger partial charge is 0.338 e. The lowest BCUT2D eigenvalue weighted by atomic mass is 10.1. The topological polar surface area (TPSA) is 55.4 Å². The first kappa shape index (κ1) is 16.2. The molecule has 0 saturated heterocycles. The Hall–Kier alpha value is -2.14. The van der Waals surface area contributed by atoms with Crippen LogP contribution in [0.5, 0.6) is 0 Å². The maximum absolute atomic E-state index is 11.9. The highest BCUT2D eigenvalue weighted by Gasteiger charge is 2.11. The molecule has 0 fully saturated rings. The van der Waals surface area contributed by atoms with Crippen LogP contribution in [0.15, 0.2) is 46.9 Å². The van der Waals surface area contributed by atoms with Crippen LogP contribution in [-0.4, -0.2) is 18.5 Å². The molecule has 0 unspecified atom stereocenters. The van der Waals surface area contributed by atoms with Gasteiger partial charge >= 0.3 is 5.97 Å². The van der Waals surface area contributed by atoms with Gasteiger partial charge in [0.25, 0.3) is 5.91 Å². The summed E-state index contributed by atoms with van der Waals surface area (Å²) in [6.07, 6.45) is 0. The molecule has 0 radical (unpaired) electrons. The predicted octanol–water partition coefficient (Wildman–Crippen LogP) is 3.86. The standard InChI is InChI=1S/C17H16BrNO3/c1-11-7-8-13(9-12(11)2)17(21)22-10-16(20)19-15-6-4-3-5-14(15)18/h3-9H,10H2,1-2H3,(H,19,20). The maximum atomic E-state index is 11.9. The Bertz CT molecular complexity index is 713. The normalized spacial score (nSPS) is 10.1. The Morgan fingerprint density at radius 3 is 2.50 bits per heavy atom. The lowest BCUT2D eigenvalue weighted by Crippen LogP contribution is -2.21. The fourth-order valence-electron chi connectivity index (χ4n) is 1.83. The first-order valence-electron chi connectivity index (χ1n) is 6.76. The first-order valence-corrected chi connectivity index (χ1v) is 7.55. The highest BCUT2D eigenvalue weighted by molar-refractivity contribution is 9.10.